The van der Waals surface area contributed by atoms with Gasteiger partial charge in [-0.15, -0.1) is 0 Å². The van der Waals surface area contributed by atoms with Gasteiger partial charge in [-0.3, -0.25) is 10.2 Å². The maximum atomic E-state index is 12.8. The van der Waals surface area contributed by atoms with Gasteiger partial charge in [-0.05, 0) is 41.8 Å². The first-order chi connectivity index (χ1) is 14.7. The fourth-order valence-electron chi connectivity index (χ4n) is 3.47. The fourth-order valence-corrected chi connectivity index (χ4v) is 3.47. The molecular formula is C23H31N3O4. The van der Waals surface area contributed by atoms with E-state index in [1.54, 1.807) is 14.2 Å². The summed E-state index contributed by atoms with van der Waals surface area (Å²) in [6, 6.07) is 13.5. The Morgan fingerprint density at radius 1 is 1.10 bits per heavy atom. The normalized spacial score (nSPS) is 18.1. The third kappa shape index (κ3) is 5.43. The predicted molar refractivity (Wildman–Crippen MR) is 116 cm³/mol. The number of carbonyl (C=O) groups is 1. The fraction of sp³-hybridized carbons (Fsp3) is 0.435. The lowest BCUT2D eigenvalue weighted by molar-refractivity contribution is -0.125. The van der Waals surface area contributed by atoms with Crippen molar-refractivity contribution in [2.24, 2.45) is 5.92 Å². The molecule has 1 aliphatic rings. The highest BCUT2D eigenvalue weighted by Gasteiger charge is 2.33. The monoisotopic (exact) mass is 413 g/mol. The van der Waals surface area contributed by atoms with Crippen LogP contribution >= 0.6 is 0 Å². The summed E-state index contributed by atoms with van der Waals surface area (Å²) in [5.74, 6) is 1.95. The van der Waals surface area contributed by atoms with Crippen LogP contribution in [0.5, 0.6) is 17.2 Å². The number of rotatable bonds is 10. The smallest absolute Gasteiger partial charge is 0.226 e. The average molecular weight is 414 g/mol. The molecule has 0 bridgehead atoms. The second-order valence-corrected chi connectivity index (χ2v) is 7.29. The molecule has 0 radical (unpaired) electrons. The second kappa shape index (κ2) is 10.8. The molecule has 2 unspecified atom stereocenters. The largest absolute Gasteiger partial charge is 0.494 e. The number of carbonyl (C=O) groups excluding carboxylic acids is 1. The molecule has 1 aliphatic heterocycles. The maximum absolute atomic E-state index is 12.8. The third-order valence-corrected chi connectivity index (χ3v) is 5.24. The Kier molecular flexibility index (Phi) is 7.93. The number of unbranched alkanes of at least 4 members (excludes halogenated alkanes) is 1. The van der Waals surface area contributed by atoms with Crippen molar-refractivity contribution in [1.82, 2.24) is 16.2 Å². The lowest BCUT2D eigenvalue weighted by atomic mass is 9.94. The van der Waals surface area contributed by atoms with Crippen molar-refractivity contribution in [3.63, 3.8) is 0 Å². The van der Waals surface area contributed by atoms with Gasteiger partial charge in [0.1, 0.15) is 5.75 Å². The van der Waals surface area contributed by atoms with Crippen LogP contribution in [0.2, 0.25) is 0 Å². The molecule has 1 heterocycles. The van der Waals surface area contributed by atoms with Gasteiger partial charge in [0.25, 0.3) is 0 Å². The molecule has 2 aromatic rings. The zero-order chi connectivity index (χ0) is 21.3. The molecular weight excluding hydrogens is 382 g/mol. The zero-order valence-corrected chi connectivity index (χ0v) is 17.9. The first-order valence-electron chi connectivity index (χ1n) is 10.4. The molecule has 2 aromatic carbocycles. The Balaban J connectivity index is 1.59. The summed E-state index contributed by atoms with van der Waals surface area (Å²) < 4.78 is 16.3. The Morgan fingerprint density at radius 2 is 1.87 bits per heavy atom. The van der Waals surface area contributed by atoms with Crippen LogP contribution in [0.3, 0.4) is 0 Å². The maximum Gasteiger partial charge on any atom is 0.226 e. The van der Waals surface area contributed by atoms with Crippen LogP contribution in [0.25, 0.3) is 0 Å². The van der Waals surface area contributed by atoms with Crippen molar-refractivity contribution in [3.8, 4) is 17.2 Å². The van der Waals surface area contributed by atoms with E-state index in [1.165, 1.54) is 0 Å². The summed E-state index contributed by atoms with van der Waals surface area (Å²) in [4.78, 5) is 12.8. The molecule has 0 saturated carbocycles. The standard InChI is InChI=1S/C23H31N3O4/c1-4-5-12-30-18-9-7-17(8-10-18)22-19(15-25-26-22)23(27)24-14-16-6-11-20(28-2)21(13-16)29-3/h6-11,13,19,22,25-26H,4-5,12,14-15H2,1-3H3,(H,24,27). The van der Waals surface area contributed by atoms with Crippen LogP contribution in [-0.2, 0) is 11.3 Å². The minimum atomic E-state index is -0.211. The van der Waals surface area contributed by atoms with E-state index in [0.29, 0.717) is 24.6 Å². The molecule has 0 spiro atoms. The number of hydrogen-bond donors (Lipinski definition) is 3. The van der Waals surface area contributed by atoms with E-state index in [-0.39, 0.29) is 17.9 Å². The molecule has 7 heteroatoms. The molecule has 1 saturated heterocycles. The highest BCUT2D eigenvalue weighted by atomic mass is 16.5. The van der Waals surface area contributed by atoms with Crippen LogP contribution in [0.1, 0.15) is 36.9 Å². The number of ether oxygens (including phenoxy) is 3. The van der Waals surface area contributed by atoms with E-state index in [1.807, 2.05) is 42.5 Å². The lowest BCUT2D eigenvalue weighted by Crippen LogP contribution is -2.34. The summed E-state index contributed by atoms with van der Waals surface area (Å²) in [5, 5.41) is 3.04. The number of hydrazine groups is 1. The minimum absolute atomic E-state index is 0.00411. The van der Waals surface area contributed by atoms with E-state index >= 15 is 0 Å². The predicted octanol–water partition coefficient (Wildman–Crippen LogP) is 2.96. The zero-order valence-electron chi connectivity index (χ0n) is 17.9. The first-order valence-corrected chi connectivity index (χ1v) is 10.4. The molecule has 2 atom stereocenters. The van der Waals surface area contributed by atoms with Crippen molar-refractivity contribution >= 4 is 5.91 Å². The average Bonchev–Trinajstić information content (AvgIpc) is 3.28. The molecule has 7 nitrogen and oxygen atoms in total. The van der Waals surface area contributed by atoms with Gasteiger partial charge < -0.3 is 19.5 Å². The van der Waals surface area contributed by atoms with Gasteiger partial charge in [-0.25, -0.2) is 5.43 Å². The number of amides is 1. The van der Waals surface area contributed by atoms with Gasteiger partial charge in [-0.1, -0.05) is 31.5 Å². The highest BCUT2D eigenvalue weighted by molar-refractivity contribution is 5.80. The Hall–Kier alpha value is -2.77. The van der Waals surface area contributed by atoms with Gasteiger partial charge in [0.2, 0.25) is 5.91 Å². The quantitative estimate of drug-likeness (QED) is 0.520. The van der Waals surface area contributed by atoms with Crippen molar-refractivity contribution in [1.29, 1.82) is 0 Å². The Bertz CT molecular complexity index is 826. The van der Waals surface area contributed by atoms with Gasteiger partial charge in [0, 0.05) is 13.1 Å². The molecule has 0 aliphatic carbocycles. The lowest BCUT2D eigenvalue weighted by Gasteiger charge is -2.19. The van der Waals surface area contributed by atoms with Crippen LogP contribution in [-0.4, -0.2) is 33.3 Å². The van der Waals surface area contributed by atoms with Gasteiger partial charge in [0.05, 0.1) is 32.8 Å². The van der Waals surface area contributed by atoms with Crippen molar-refractivity contribution in [3.05, 3.63) is 53.6 Å². The van der Waals surface area contributed by atoms with Crippen LogP contribution < -0.4 is 30.4 Å². The van der Waals surface area contributed by atoms with Gasteiger partial charge in [0.15, 0.2) is 11.5 Å². The first kappa shape index (κ1) is 21.9. The van der Waals surface area contributed by atoms with Gasteiger partial charge in [-0.2, -0.15) is 0 Å². The summed E-state index contributed by atoms with van der Waals surface area (Å²) in [7, 11) is 3.20. The van der Waals surface area contributed by atoms with E-state index in [4.69, 9.17) is 14.2 Å². The van der Waals surface area contributed by atoms with E-state index in [9.17, 15) is 4.79 Å². The number of benzene rings is 2. The topological polar surface area (TPSA) is 80.9 Å². The summed E-state index contributed by atoms with van der Waals surface area (Å²) in [6.45, 7) is 3.85. The second-order valence-electron chi connectivity index (χ2n) is 7.29. The number of hydrogen-bond acceptors (Lipinski definition) is 6. The number of methoxy groups -OCH3 is 2. The SMILES string of the molecule is CCCCOc1ccc(C2NNCC2C(=O)NCc2ccc(OC)c(OC)c2)cc1. The van der Waals surface area contributed by atoms with Crippen LogP contribution in [0.15, 0.2) is 42.5 Å². The molecule has 162 valence electrons. The summed E-state index contributed by atoms with van der Waals surface area (Å²) >= 11 is 0. The van der Waals surface area contributed by atoms with Crippen LogP contribution in [0, 0.1) is 5.92 Å². The van der Waals surface area contributed by atoms with E-state index < -0.39 is 0 Å². The molecule has 30 heavy (non-hydrogen) atoms. The molecule has 0 aromatic heterocycles. The van der Waals surface area contributed by atoms with Crippen molar-refractivity contribution in [2.45, 2.75) is 32.4 Å². The van der Waals surface area contributed by atoms with Crippen LogP contribution in [0.4, 0.5) is 0 Å². The van der Waals surface area contributed by atoms with Gasteiger partial charge >= 0.3 is 0 Å². The molecule has 1 fully saturated rings. The molecule has 3 N–H and O–H groups in total. The molecule has 1 amide bonds. The third-order valence-electron chi connectivity index (χ3n) is 5.24. The van der Waals surface area contributed by atoms with E-state index in [2.05, 4.69) is 23.1 Å². The van der Waals surface area contributed by atoms with Crippen molar-refractivity contribution < 1.29 is 19.0 Å². The highest BCUT2D eigenvalue weighted by Crippen LogP contribution is 2.29. The summed E-state index contributed by atoms with van der Waals surface area (Å²) in [5.41, 5.74) is 8.33. The molecule has 3 rings (SSSR count). The summed E-state index contributed by atoms with van der Waals surface area (Å²) in [6.07, 6.45) is 2.15. The number of nitrogens with one attached hydrogen (secondary N) is 3. The Morgan fingerprint density at radius 3 is 2.57 bits per heavy atom. The van der Waals surface area contributed by atoms with Crippen molar-refractivity contribution in [2.75, 3.05) is 27.4 Å². The minimum Gasteiger partial charge on any atom is -0.494 e. The Labute approximate surface area is 178 Å². The van der Waals surface area contributed by atoms with E-state index in [0.717, 1.165) is 36.3 Å².